The highest BCUT2D eigenvalue weighted by Gasteiger charge is 2.44. The van der Waals surface area contributed by atoms with E-state index in [-0.39, 0.29) is 17.6 Å². The lowest BCUT2D eigenvalue weighted by molar-refractivity contribution is -0.117. The van der Waals surface area contributed by atoms with E-state index in [0.717, 1.165) is 11.1 Å². The number of benzene rings is 2. The highest BCUT2D eigenvalue weighted by atomic mass is 16.5. The van der Waals surface area contributed by atoms with Gasteiger partial charge in [0.25, 0.3) is 0 Å². The van der Waals surface area contributed by atoms with Gasteiger partial charge in [0.1, 0.15) is 11.7 Å². The van der Waals surface area contributed by atoms with Crippen molar-refractivity contribution in [3.05, 3.63) is 83.1 Å². The molecule has 128 valence electrons. The van der Waals surface area contributed by atoms with Crippen LogP contribution in [0.2, 0.25) is 0 Å². The number of ether oxygens (including phenoxy) is 1. The second-order valence-electron chi connectivity index (χ2n) is 6.74. The van der Waals surface area contributed by atoms with E-state index in [0.29, 0.717) is 24.2 Å². The lowest BCUT2D eigenvalue weighted by atomic mass is 9.71. The van der Waals surface area contributed by atoms with Crippen molar-refractivity contribution in [2.75, 3.05) is 0 Å². The van der Waals surface area contributed by atoms with E-state index in [1.807, 2.05) is 60.7 Å². The normalized spacial score (nSPS) is 25.3. The van der Waals surface area contributed by atoms with Gasteiger partial charge in [-0.25, -0.2) is 0 Å². The monoisotopic (exact) mass is 342 g/mol. The third kappa shape index (κ3) is 2.72. The molecule has 1 heterocycles. The van der Waals surface area contributed by atoms with E-state index < -0.39 is 11.8 Å². The Morgan fingerprint density at radius 1 is 0.962 bits per heavy atom. The second-order valence-corrected chi connectivity index (χ2v) is 6.74. The fraction of sp³-hybridized carbons (Fsp3) is 0.227. The van der Waals surface area contributed by atoms with Crippen LogP contribution in [0.3, 0.4) is 0 Å². The molecule has 0 radical (unpaired) electrons. The molecule has 2 aromatic carbocycles. The van der Waals surface area contributed by atoms with Gasteiger partial charge in [-0.05, 0) is 17.0 Å². The Labute approximate surface area is 152 Å². The van der Waals surface area contributed by atoms with E-state index in [4.69, 9.17) is 10.1 Å². The zero-order chi connectivity index (χ0) is 18.1. The molecule has 0 saturated carbocycles. The van der Waals surface area contributed by atoms with Crippen molar-refractivity contribution in [1.82, 2.24) is 0 Å². The summed E-state index contributed by atoms with van der Waals surface area (Å²) in [6.07, 6.45) is 0.982. The predicted octanol–water partition coefficient (Wildman–Crippen LogP) is 4.32. The Kier molecular flexibility index (Phi) is 4.14. The largest absolute Gasteiger partial charge is 0.446 e. The van der Waals surface area contributed by atoms with Gasteiger partial charge in [0.05, 0.1) is 6.07 Å². The number of nitriles is 1. The first-order valence-corrected chi connectivity index (χ1v) is 8.71. The standard InChI is InChI=1S/C22H18N2O2/c23-13-17-20(15-9-5-2-6-10-15)21-18(25)11-16(12-19(21)26-22(17)24)14-7-3-1-4-8-14/h1-10,16-17,20,24H,11-12H2. The summed E-state index contributed by atoms with van der Waals surface area (Å²) in [6.45, 7) is 0. The van der Waals surface area contributed by atoms with Crippen LogP contribution in [-0.4, -0.2) is 11.7 Å². The van der Waals surface area contributed by atoms with Crippen molar-refractivity contribution in [2.24, 2.45) is 5.92 Å². The molecule has 0 spiro atoms. The van der Waals surface area contributed by atoms with E-state index in [9.17, 15) is 10.1 Å². The lowest BCUT2D eigenvalue weighted by Gasteiger charge is -2.36. The Morgan fingerprint density at radius 3 is 2.19 bits per heavy atom. The summed E-state index contributed by atoms with van der Waals surface area (Å²) >= 11 is 0. The number of nitrogens with one attached hydrogen (secondary N) is 1. The maximum absolute atomic E-state index is 13.0. The number of hydrogen-bond donors (Lipinski definition) is 1. The Hall–Kier alpha value is -3.19. The number of rotatable bonds is 2. The Balaban J connectivity index is 1.79. The maximum atomic E-state index is 13.0. The fourth-order valence-electron chi connectivity index (χ4n) is 3.97. The third-order valence-corrected chi connectivity index (χ3v) is 5.19. The molecule has 2 aliphatic rings. The summed E-state index contributed by atoms with van der Waals surface area (Å²) in [6, 6.07) is 21.6. The van der Waals surface area contributed by atoms with Crippen molar-refractivity contribution < 1.29 is 9.53 Å². The number of Topliss-reactive ketones (excluding diaryl/α,β-unsaturated/α-hetero) is 1. The third-order valence-electron chi connectivity index (χ3n) is 5.19. The predicted molar refractivity (Wildman–Crippen MR) is 97.5 cm³/mol. The van der Waals surface area contributed by atoms with Gasteiger partial charge in [-0.3, -0.25) is 10.2 Å². The van der Waals surface area contributed by atoms with Gasteiger partial charge in [0.15, 0.2) is 5.78 Å². The minimum absolute atomic E-state index is 0.0155. The van der Waals surface area contributed by atoms with Crippen LogP contribution in [0, 0.1) is 22.7 Å². The number of hydrogen-bond acceptors (Lipinski definition) is 4. The van der Waals surface area contributed by atoms with Crippen LogP contribution in [0.1, 0.15) is 35.8 Å². The molecule has 0 fully saturated rings. The zero-order valence-electron chi connectivity index (χ0n) is 14.2. The molecule has 3 atom stereocenters. The molecular weight excluding hydrogens is 324 g/mol. The highest BCUT2D eigenvalue weighted by Crippen LogP contribution is 2.46. The summed E-state index contributed by atoms with van der Waals surface area (Å²) in [5.74, 6) is -0.649. The molecule has 26 heavy (non-hydrogen) atoms. The summed E-state index contributed by atoms with van der Waals surface area (Å²) in [5.41, 5.74) is 2.55. The first-order chi connectivity index (χ1) is 12.7. The van der Waals surface area contributed by atoms with E-state index >= 15 is 0 Å². The number of carbonyl (C=O) groups excluding carboxylic acids is 1. The van der Waals surface area contributed by atoms with E-state index in [1.54, 1.807) is 0 Å². The maximum Gasteiger partial charge on any atom is 0.205 e. The zero-order valence-corrected chi connectivity index (χ0v) is 14.2. The van der Waals surface area contributed by atoms with Crippen LogP contribution in [-0.2, 0) is 9.53 Å². The second kappa shape index (κ2) is 6.61. The number of carbonyl (C=O) groups is 1. The van der Waals surface area contributed by atoms with Crippen molar-refractivity contribution in [3.8, 4) is 6.07 Å². The molecule has 4 heteroatoms. The minimum atomic E-state index is -0.770. The summed E-state index contributed by atoms with van der Waals surface area (Å²) in [7, 11) is 0. The molecule has 0 amide bonds. The van der Waals surface area contributed by atoms with Crippen LogP contribution < -0.4 is 0 Å². The number of nitrogens with zero attached hydrogens (tertiary/aromatic N) is 1. The van der Waals surface area contributed by atoms with Crippen LogP contribution in [0.5, 0.6) is 0 Å². The number of ketones is 1. The molecule has 4 nitrogen and oxygen atoms in total. The first-order valence-electron chi connectivity index (χ1n) is 8.71. The quantitative estimate of drug-likeness (QED) is 0.883. The van der Waals surface area contributed by atoms with Crippen LogP contribution in [0.4, 0.5) is 0 Å². The molecule has 1 aliphatic carbocycles. The van der Waals surface area contributed by atoms with Crippen LogP contribution in [0.25, 0.3) is 0 Å². The van der Waals surface area contributed by atoms with Gasteiger partial charge < -0.3 is 4.74 Å². The van der Waals surface area contributed by atoms with Gasteiger partial charge >= 0.3 is 0 Å². The molecule has 4 rings (SSSR count). The molecule has 3 unspecified atom stereocenters. The molecule has 1 aliphatic heterocycles. The molecule has 1 N–H and O–H groups in total. The molecule has 2 aromatic rings. The average molecular weight is 342 g/mol. The summed E-state index contributed by atoms with van der Waals surface area (Å²) in [5, 5.41) is 17.8. The molecular formula is C22H18N2O2. The van der Waals surface area contributed by atoms with Crippen molar-refractivity contribution in [2.45, 2.75) is 24.7 Å². The molecule has 0 aromatic heterocycles. The van der Waals surface area contributed by atoms with Gasteiger partial charge in [-0.15, -0.1) is 0 Å². The van der Waals surface area contributed by atoms with Crippen molar-refractivity contribution >= 4 is 11.7 Å². The van der Waals surface area contributed by atoms with Gasteiger partial charge in [-0.1, -0.05) is 60.7 Å². The van der Waals surface area contributed by atoms with E-state index in [2.05, 4.69) is 6.07 Å². The molecule has 0 saturated heterocycles. The summed E-state index contributed by atoms with van der Waals surface area (Å²) in [4.78, 5) is 13.0. The smallest absolute Gasteiger partial charge is 0.205 e. The van der Waals surface area contributed by atoms with Crippen LogP contribution >= 0.6 is 0 Å². The van der Waals surface area contributed by atoms with Gasteiger partial charge in [-0.2, -0.15) is 5.26 Å². The lowest BCUT2D eigenvalue weighted by Crippen LogP contribution is -2.36. The summed E-state index contributed by atoms with van der Waals surface area (Å²) < 4.78 is 5.69. The first kappa shape index (κ1) is 16.3. The highest BCUT2D eigenvalue weighted by molar-refractivity contribution is 6.02. The molecule has 0 bridgehead atoms. The topological polar surface area (TPSA) is 73.9 Å². The SMILES string of the molecule is N#CC1C(=N)OC2=C(C(=O)CC(c3ccccc3)C2)C1c1ccccc1. The van der Waals surface area contributed by atoms with Crippen molar-refractivity contribution in [3.63, 3.8) is 0 Å². The van der Waals surface area contributed by atoms with E-state index in [1.165, 1.54) is 0 Å². The van der Waals surface area contributed by atoms with Gasteiger partial charge in [0.2, 0.25) is 5.90 Å². The average Bonchev–Trinajstić information content (AvgIpc) is 2.68. The van der Waals surface area contributed by atoms with Crippen LogP contribution in [0.15, 0.2) is 72.0 Å². The van der Waals surface area contributed by atoms with Gasteiger partial charge in [0, 0.05) is 24.3 Å². The Morgan fingerprint density at radius 2 is 1.58 bits per heavy atom. The Bertz CT molecular complexity index is 926. The minimum Gasteiger partial charge on any atom is -0.446 e. The fourth-order valence-corrected chi connectivity index (χ4v) is 3.97. The number of allylic oxidation sites excluding steroid dienone is 2. The van der Waals surface area contributed by atoms with Crippen molar-refractivity contribution in [1.29, 1.82) is 10.7 Å².